The third-order valence-electron chi connectivity index (χ3n) is 4.89. The van der Waals surface area contributed by atoms with Crippen molar-refractivity contribution in [1.29, 1.82) is 0 Å². The van der Waals surface area contributed by atoms with Crippen LogP contribution in [0, 0.1) is 6.92 Å². The Balaban J connectivity index is 1.64. The number of thioether (sulfide) groups is 1. The summed E-state index contributed by atoms with van der Waals surface area (Å²) in [6, 6.07) is 12.4. The van der Waals surface area contributed by atoms with E-state index in [1.54, 1.807) is 7.11 Å². The van der Waals surface area contributed by atoms with Gasteiger partial charge >= 0.3 is 0 Å². The van der Waals surface area contributed by atoms with Crippen molar-refractivity contribution in [2.75, 3.05) is 26.0 Å². The van der Waals surface area contributed by atoms with Crippen LogP contribution < -0.4 is 9.47 Å². The van der Waals surface area contributed by atoms with Gasteiger partial charge in [-0.15, -0.1) is 11.8 Å². The highest BCUT2D eigenvalue weighted by molar-refractivity contribution is 7.99. The van der Waals surface area contributed by atoms with Crippen molar-refractivity contribution in [3.63, 3.8) is 0 Å². The minimum atomic E-state index is 0.183. The van der Waals surface area contributed by atoms with E-state index in [9.17, 15) is 0 Å². The van der Waals surface area contributed by atoms with Crippen LogP contribution in [0.1, 0.15) is 29.1 Å². The quantitative estimate of drug-likeness (QED) is 0.609. The van der Waals surface area contributed by atoms with Gasteiger partial charge in [-0.25, -0.2) is 0 Å². The Hall–Kier alpha value is -2.18. The number of aromatic nitrogens is 1. The lowest BCUT2D eigenvalue weighted by molar-refractivity contribution is 0.275. The Labute approximate surface area is 163 Å². The maximum absolute atomic E-state index is 5.69. The van der Waals surface area contributed by atoms with Crippen molar-refractivity contribution in [2.24, 2.45) is 0 Å². The summed E-state index contributed by atoms with van der Waals surface area (Å²) in [5, 5.41) is 5.41. The lowest BCUT2D eigenvalue weighted by atomic mass is 10.1. The fourth-order valence-electron chi connectivity index (χ4n) is 3.56. The van der Waals surface area contributed by atoms with E-state index in [4.69, 9.17) is 14.0 Å². The standard InChI is InChI=1S/C21H24N2O3S/c1-4-25-16-7-5-15(6-8-16)13-23-11-12-27-21(23)19-18(24-3)10-9-17-14(2)22-26-20(17)19/h5-10,21H,4,11-13H2,1-3H3. The van der Waals surface area contributed by atoms with E-state index in [1.165, 1.54) is 5.56 Å². The Bertz CT molecular complexity index is 923. The molecule has 0 N–H and O–H groups in total. The van der Waals surface area contributed by atoms with Crippen LogP contribution in [0.15, 0.2) is 40.9 Å². The molecular formula is C21H24N2O3S. The van der Waals surface area contributed by atoms with Crippen LogP contribution in [0.2, 0.25) is 0 Å². The fraction of sp³-hybridized carbons (Fsp3) is 0.381. The first kappa shape index (κ1) is 18.2. The Morgan fingerprint density at radius 3 is 2.78 bits per heavy atom. The molecule has 3 aromatic rings. The van der Waals surface area contributed by atoms with Crippen LogP contribution in [0.3, 0.4) is 0 Å². The molecule has 2 heterocycles. The molecule has 0 spiro atoms. The Morgan fingerprint density at radius 2 is 2.04 bits per heavy atom. The molecule has 0 saturated carbocycles. The first-order chi connectivity index (χ1) is 13.2. The third-order valence-corrected chi connectivity index (χ3v) is 6.16. The summed E-state index contributed by atoms with van der Waals surface area (Å²) in [4.78, 5) is 2.47. The van der Waals surface area contributed by atoms with E-state index < -0.39 is 0 Å². The van der Waals surface area contributed by atoms with E-state index in [0.717, 1.165) is 52.6 Å². The summed E-state index contributed by atoms with van der Waals surface area (Å²) in [5.74, 6) is 2.85. The molecule has 6 heteroatoms. The van der Waals surface area contributed by atoms with Gasteiger partial charge in [-0.2, -0.15) is 0 Å². The third kappa shape index (κ3) is 3.51. The molecule has 0 amide bonds. The molecule has 1 fully saturated rings. The van der Waals surface area contributed by atoms with Crippen LogP contribution in [-0.4, -0.2) is 36.1 Å². The SMILES string of the molecule is CCOc1ccc(CN2CCSC2c2c(OC)ccc3c(C)noc23)cc1. The number of nitrogens with zero attached hydrogens (tertiary/aromatic N) is 2. The summed E-state index contributed by atoms with van der Waals surface area (Å²) in [7, 11) is 1.71. The van der Waals surface area contributed by atoms with Gasteiger partial charge in [-0.1, -0.05) is 17.3 Å². The molecule has 2 aromatic carbocycles. The van der Waals surface area contributed by atoms with Crippen molar-refractivity contribution in [3.8, 4) is 11.5 Å². The van der Waals surface area contributed by atoms with E-state index in [2.05, 4.69) is 22.2 Å². The number of aryl methyl sites for hydroxylation is 1. The maximum atomic E-state index is 5.69. The van der Waals surface area contributed by atoms with E-state index in [-0.39, 0.29) is 5.37 Å². The molecule has 1 unspecified atom stereocenters. The Morgan fingerprint density at radius 1 is 1.22 bits per heavy atom. The van der Waals surface area contributed by atoms with Gasteiger partial charge in [0.05, 0.1) is 30.3 Å². The largest absolute Gasteiger partial charge is 0.496 e. The van der Waals surface area contributed by atoms with Gasteiger partial charge in [0, 0.05) is 24.2 Å². The van der Waals surface area contributed by atoms with E-state index in [1.807, 2.05) is 49.9 Å². The van der Waals surface area contributed by atoms with Gasteiger partial charge in [0.25, 0.3) is 0 Å². The number of hydrogen-bond acceptors (Lipinski definition) is 6. The first-order valence-corrected chi connectivity index (χ1v) is 10.3. The molecule has 1 saturated heterocycles. The summed E-state index contributed by atoms with van der Waals surface area (Å²) in [6.45, 7) is 6.55. The minimum absolute atomic E-state index is 0.183. The van der Waals surface area contributed by atoms with Gasteiger partial charge in [0.1, 0.15) is 11.5 Å². The molecule has 27 heavy (non-hydrogen) atoms. The molecule has 142 valence electrons. The van der Waals surface area contributed by atoms with E-state index >= 15 is 0 Å². The molecule has 1 aliphatic rings. The maximum Gasteiger partial charge on any atom is 0.176 e. The highest BCUT2D eigenvalue weighted by Crippen LogP contribution is 2.46. The highest BCUT2D eigenvalue weighted by Gasteiger charge is 2.32. The predicted molar refractivity (Wildman–Crippen MR) is 109 cm³/mol. The number of fused-ring (bicyclic) bond motifs is 1. The summed E-state index contributed by atoms with van der Waals surface area (Å²) in [6.07, 6.45) is 0. The molecule has 0 radical (unpaired) electrons. The number of ether oxygens (including phenoxy) is 2. The molecule has 1 aliphatic heterocycles. The normalized spacial score (nSPS) is 17.5. The molecule has 1 atom stereocenters. The molecule has 0 aliphatic carbocycles. The zero-order chi connectivity index (χ0) is 18.8. The van der Waals surface area contributed by atoms with Gasteiger partial charge in [-0.3, -0.25) is 4.90 Å². The van der Waals surface area contributed by atoms with Crippen molar-refractivity contribution in [3.05, 3.63) is 53.2 Å². The van der Waals surface area contributed by atoms with Gasteiger partial charge < -0.3 is 14.0 Å². The van der Waals surface area contributed by atoms with Crippen molar-refractivity contribution < 1.29 is 14.0 Å². The van der Waals surface area contributed by atoms with Crippen LogP contribution in [0.5, 0.6) is 11.5 Å². The zero-order valence-corrected chi connectivity index (χ0v) is 16.7. The fourth-order valence-corrected chi connectivity index (χ4v) is 4.91. The van der Waals surface area contributed by atoms with Crippen LogP contribution >= 0.6 is 11.8 Å². The zero-order valence-electron chi connectivity index (χ0n) is 15.9. The van der Waals surface area contributed by atoms with Crippen LogP contribution in [0.4, 0.5) is 0 Å². The average Bonchev–Trinajstić information content (AvgIpc) is 3.29. The van der Waals surface area contributed by atoms with Crippen molar-refractivity contribution in [2.45, 2.75) is 25.8 Å². The summed E-state index contributed by atoms with van der Waals surface area (Å²) in [5.41, 5.74) is 4.10. The summed E-state index contributed by atoms with van der Waals surface area (Å²) >= 11 is 1.92. The Kier molecular flexibility index (Phi) is 5.27. The predicted octanol–water partition coefficient (Wildman–Crippen LogP) is 4.79. The molecule has 5 nitrogen and oxygen atoms in total. The first-order valence-electron chi connectivity index (χ1n) is 9.21. The van der Waals surface area contributed by atoms with Gasteiger partial charge in [0.2, 0.25) is 0 Å². The van der Waals surface area contributed by atoms with Crippen molar-refractivity contribution in [1.82, 2.24) is 10.1 Å². The topological polar surface area (TPSA) is 47.7 Å². The summed E-state index contributed by atoms with van der Waals surface area (Å²) < 4.78 is 16.9. The second-order valence-corrected chi connectivity index (χ2v) is 7.78. The molecule has 1 aromatic heterocycles. The molecule has 0 bridgehead atoms. The average molecular weight is 385 g/mol. The number of rotatable bonds is 6. The monoisotopic (exact) mass is 384 g/mol. The van der Waals surface area contributed by atoms with Crippen molar-refractivity contribution >= 4 is 22.7 Å². The van der Waals surface area contributed by atoms with Crippen LogP contribution in [-0.2, 0) is 6.54 Å². The smallest absolute Gasteiger partial charge is 0.176 e. The minimum Gasteiger partial charge on any atom is -0.496 e. The van der Waals surface area contributed by atoms with E-state index in [0.29, 0.717) is 6.61 Å². The highest BCUT2D eigenvalue weighted by atomic mass is 32.2. The molecule has 4 rings (SSSR count). The molecular weight excluding hydrogens is 360 g/mol. The lowest BCUT2D eigenvalue weighted by Gasteiger charge is -2.25. The number of hydrogen-bond donors (Lipinski definition) is 0. The van der Waals surface area contributed by atoms with Gasteiger partial charge in [-0.05, 0) is 43.7 Å². The second kappa shape index (κ2) is 7.82. The van der Waals surface area contributed by atoms with Gasteiger partial charge in [0.15, 0.2) is 5.58 Å². The number of benzene rings is 2. The van der Waals surface area contributed by atoms with Crippen LogP contribution in [0.25, 0.3) is 11.0 Å². The lowest BCUT2D eigenvalue weighted by Crippen LogP contribution is -2.23. The number of methoxy groups -OCH3 is 1. The second-order valence-electron chi connectivity index (χ2n) is 6.60.